The molecular weight excluding hydrogens is 398 g/mol. The number of ether oxygens (including phenoxy) is 1. The summed E-state index contributed by atoms with van der Waals surface area (Å²) in [5, 5.41) is 17.6. The van der Waals surface area contributed by atoms with Gasteiger partial charge in [-0.2, -0.15) is 0 Å². The van der Waals surface area contributed by atoms with E-state index in [9.17, 15) is 9.59 Å². The molecule has 0 aliphatic carbocycles. The summed E-state index contributed by atoms with van der Waals surface area (Å²) in [5.41, 5.74) is 2.12. The number of carbonyl (C=O) groups is 2. The second-order valence-corrected chi connectivity index (χ2v) is 8.13. The fourth-order valence-electron chi connectivity index (χ4n) is 2.64. The summed E-state index contributed by atoms with van der Waals surface area (Å²) in [7, 11) is 0. The average Bonchev–Trinajstić information content (AvgIpc) is 3.13. The van der Waals surface area contributed by atoms with E-state index >= 15 is 0 Å². The Morgan fingerprint density at radius 1 is 1.32 bits per heavy atom. The predicted octanol–water partition coefficient (Wildman–Crippen LogP) is 2.76. The number of rotatable bonds is 8. The lowest BCUT2D eigenvalue weighted by Gasteiger charge is -2.26. The van der Waals surface area contributed by atoms with Crippen LogP contribution in [0.25, 0.3) is 0 Å². The van der Waals surface area contributed by atoms with Crippen LogP contribution in [0.3, 0.4) is 0 Å². The van der Waals surface area contributed by atoms with Crippen molar-refractivity contribution in [1.82, 2.24) is 20.8 Å². The van der Waals surface area contributed by atoms with E-state index in [0.29, 0.717) is 28.7 Å². The molecule has 2 heterocycles. The minimum atomic E-state index is -0.430. The Morgan fingerprint density at radius 2 is 2.11 bits per heavy atom. The van der Waals surface area contributed by atoms with Crippen molar-refractivity contribution in [3.8, 4) is 0 Å². The van der Waals surface area contributed by atoms with Gasteiger partial charge in [0, 0.05) is 18.0 Å². The lowest BCUT2D eigenvalue weighted by molar-refractivity contribution is -0.138. The first-order valence-electron chi connectivity index (χ1n) is 8.78. The van der Waals surface area contributed by atoms with Gasteiger partial charge in [0.05, 0.1) is 18.2 Å². The van der Waals surface area contributed by atoms with E-state index in [2.05, 4.69) is 26.1 Å². The predicted molar refractivity (Wildman–Crippen MR) is 109 cm³/mol. The van der Waals surface area contributed by atoms with Crippen LogP contribution in [0.1, 0.15) is 19.4 Å². The molecule has 3 N–H and O–H groups in total. The summed E-state index contributed by atoms with van der Waals surface area (Å²) in [4.78, 5) is 24.0. The summed E-state index contributed by atoms with van der Waals surface area (Å²) < 4.78 is 5.86. The van der Waals surface area contributed by atoms with Gasteiger partial charge in [0.1, 0.15) is 0 Å². The number of thioether (sulfide) groups is 1. The number of amides is 2. The Bertz CT molecular complexity index is 869. The van der Waals surface area contributed by atoms with Crippen LogP contribution in [0.5, 0.6) is 0 Å². The zero-order valence-corrected chi connectivity index (χ0v) is 17.2. The molecule has 3 rings (SSSR count). The first-order valence-corrected chi connectivity index (χ1v) is 10.6. The number of hydrogen-bond acceptors (Lipinski definition) is 8. The van der Waals surface area contributed by atoms with Gasteiger partial charge in [0.15, 0.2) is 4.34 Å². The fourth-order valence-corrected chi connectivity index (χ4v) is 4.36. The maximum absolute atomic E-state index is 12.2. The second-order valence-electron chi connectivity index (χ2n) is 5.93. The van der Waals surface area contributed by atoms with Crippen molar-refractivity contribution >= 4 is 40.2 Å². The van der Waals surface area contributed by atoms with E-state index in [1.807, 2.05) is 30.3 Å². The van der Waals surface area contributed by atoms with Crippen LogP contribution in [-0.4, -0.2) is 40.6 Å². The quantitative estimate of drug-likeness (QED) is 0.446. The van der Waals surface area contributed by atoms with Gasteiger partial charge in [-0.25, -0.2) is 9.59 Å². The third kappa shape index (κ3) is 5.23. The smallest absolute Gasteiger partial charge is 0.337 e. The number of urea groups is 1. The highest BCUT2D eigenvalue weighted by atomic mass is 32.2. The molecule has 10 heteroatoms. The van der Waals surface area contributed by atoms with E-state index in [-0.39, 0.29) is 12.6 Å². The molecule has 0 radical (unpaired) electrons. The maximum Gasteiger partial charge on any atom is 0.337 e. The maximum atomic E-state index is 12.2. The number of anilines is 1. The molecule has 8 nitrogen and oxygen atoms in total. The van der Waals surface area contributed by atoms with Crippen LogP contribution in [-0.2, 0) is 16.1 Å². The number of benzene rings is 1. The van der Waals surface area contributed by atoms with E-state index in [4.69, 9.17) is 4.74 Å². The van der Waals surface area contributed by atoms with Gasteiger partial charge < -0.3 is 20.7 Å². The minimum Gasteiger partial charge on any atom is -0.463 e. The Kier molecular flexibility index (Phi) is 6.88. The van der Waals surface area contributed by atoms with Crippen LogP contribution in [0.2, 0.25) is 0 Å². The summed E-state index contributed by atoms with van der Waals surface area (Å²) in [5.74, 6) is -0.0419. The summed E-state index contributed by atoms with van der Waals surface area (Å²) in [6.45, 7) is 4.44. The van der Waals surface area contributed by atoms with Crippen molar-refractivity contribution < 1.29 is 14.3 Å². The standard InChI is InChI=1S/C18H21N5O3S2/c1-3-26-15(24)14-11(2)20-16(25)21-13(14)10-27-18-23-22-17(28-18)19-9-12-7-5-4-6-8-12/h4-8,11H,3,9-10H2,1-2H3,(H,19,22)(H2,20,21,25)/t11-/m0/s1. The van der Waals surface area contributed by atoms with E-state index < -0.39 is 12.0 Å². The largest absolute Gasteiger partial charge is 0.463 e. The van der Waals surface area contributed by atoms with Gasteiger partial charge in [0.2, 0.25) is 5.13 Å². The Balaban J connectivity index is 1.63. The minimum absolute atomic E-state index is 0.274. The molecule has 0 saturated carbocycles. The van der Waals surface area contributed by atoms with Gasteiger partial charge in [-0.3, -0.25) is 0 Å². The second kappa shape index (κ2) is 9.56. The van der Waals surface area contributed by atoms with Crippen molar-refractivity contribution in [2.24, 2.45) is 0 Å². The first-order chi connectivity index (χ1) is 13.6. The van der Waals surface area contributed by atoms with Crippen LogP contribution in [0, 0.1) is 0 Å². The van der Waals surface area contributed by atoms with Crippen molar-refractivity contribution in [3.63, 3.8) is 0 Å². The van der Waals surface area contributed by atoms with Crippen molar-refractivity contribution in [3.05, 3.63) is 47.2 Å². The Morgan fingerprint density at radius 3 is 2.86 bits per heavy atom. The molecule has 1 aromatic heterocycles. The first kappa shape index (κ1) is 20.2. The number of esters is 1. The molecule has 1 atom stereocenters. The van der Waals surface area contributed by atoms with Crippen LogP contribution in [0.4, 0.5) is 9.93 Å². The van der Waals surface area contributed by atoms with Crippen molar-refractivity contribution in [2.75, 3.05) is 17.7 Å². The molecule has 0 saturated heterocycles. The molecule has 1 aromatic carbocycles. The van der Waals surface area contributed by atoms with Crippen molar-refractivity contribution in [2.45, 2.75) is 30.8 Å². The number of hydrogen-bond donors (Lipinski definition) is 3. The van der Waals surface area contributed by atoms with Crippen LogP contribution in [0.15, 0.2) is 45.9 Å². The molecule has 0 bridgehead atoms. The van der Waals surface area contributed by atoms with Gasteiger partial charge >= 0.3 is 12.0 Å². The van der Waals surface area contributed by atoms with Crippen LogP contribution >= 0.6 is 23.1 Å². The number of nitrogens with one attached hydrogen (secondary N) is 3. The molecule has 2 amide bonds. The molecule has 2 aromatic rings. The average molecular weight is 420 g/mol. The van der Waals surface area contributed by atoms with E-state index in [1.165, 1.54) is 23.1 Å². The number of carbonyl (C=O) groups excluding carboxylic acids is 2. The molecule has 0 unspecified atom stereocenters. The highest BCUT2D eigenvalue weighted by molar-refractivity contribution is 8.01. The third-order valence-corrected chi connectivity index (χ3v) is 5.94. The molecule has 1 aliphatic heterocycles. The normalized spacial score (nSPS) is 16.4. The number of aromatic nitrogens is 2. The fraction of sp³-hybridized carbons (Fsp3) is 0.333. The van der Waals surface area contributed by atoms with Gasteiger partial charge in [-0.05, 0) is 19.4 Å². The highest BCUT2D eigenvalue weighted by Crippen LogP contribution is 2.28. The summed E-state index contributed by atoms with van der Waals surface area (Å²) in [6, 6.07) is 9.27. The molecule has 28 heavy (non-hydrogen) atoms. The Hall–Kier alpha value is -2.59. The molecule has 148 valence electrons. The van der Waals surface area contributed by atoms with Gasteiger partial charge in [-0.15, -0.1) is 10.2 Å². The topological polar surface area (TPSA) is 105 Å². The molecule has 0 fully saturated rings. The summed E-state index contributed by atoms with van der Waals surface area (Å²) in [6.07, 6.45) is 0. The lowest BCUT2D eigenvalue weighted by Crippen LogP contribution is -2.49. The number of nitrogens with zero attached hydrogens (tertiary/aromatic N) is 2. The summed E-state index contributed by atoms with van der Waals surface area (Å²) >= 11 is 2.83. The Labute approximate surface area is 171 Å². The van der Waals surface area contributed by atoms with Crippen LogP contribution < -0.4 is 16.0 Å². The molecular formula is C18H21N5O3S2. The zero-order chi connectivity index (χ0) is 19.9. The third-order valence-electron chi connectivity index (χ3n) is 3.90. The highest BCUT2D eigenvalue weighted by Gasteiger charge is 2.29. The molecule has 0 spiro atoms. The van der Waals surface area contributed by atoms with E-state index in [0.717, 1.165) is 9.90 Å². The molecule has 1 aliphatic rings. The lowest BCUT2D eigenvalue weighted by atomic mass is 10.1. The zero-order valence-electron chi connectivity index (χ0n) is 15.5. The van der Waals surface area contributed by atoms with E-state index in [1.54, 1.807) is 13.8 Å². The SMILES string of the molecule is CCOC(=O)C1=C(CSc2nnc(NCc3ccccc3)s2)NC(=O)N[C@H]1C. The van der Waals surface area contributed by atoms with Crippen molar-refractivity contribution in [1.29, 1.82) is 0 Å². The van der Waals surface area contributed by atoms with Gasteiger partial charge in [-0.1, -0.05) is 53.4 Å². The van der Waals surface area contributed by atoms with Gasteiger partial charge in [0.25, 0.3) is 0 Å². The monoisotopic (exact) mass is 419 g/mol.